The number of carbonyl (C=O) groups excluding carboxylic acids is 1. The minimum Gasteiger partial charge on any atom is -0.467 e. The highest BCUT2D eigenvalue weighted by Gasteiger charge is 2.35. The number of nitrogens with zero attached hydrogens (tertiary/aromatic N) is 1. The van der Waals surface area contributed by atoms with Crippen LogP contribution in [0.2, 0.25) is 0 Å². The summed E-state index contributed by atoms with van der Waals surface area (Å²) in [5.74, 6) is 0.464. The highest BCUT2D eigenvalue weighted by molar-refractivity contribution is 5.85. The number of esters is 1. The smallest absolute Gasteiger partial charge is 0.339 e. The Balaban J connectivity index is 2.32. The first-order valence-corrected chi connectivity index (χ1v) is 10.2. The fourth-order valence-corrected chi connectivity index (χ4v) is 3.87. The van der Waals surface area contributed by atoms with Crippen molar-refractivity contribution in [2.45, 2.75) is 66.1 Å². The molecule has 3 rings (SSSR count). The van der Waals surface area contributed by atoms with Crippen LogP contribution in [0, 0.1) is 20.8 Å². The number of nitrogens with one attached hydrogen (secondary N) is 1. The van der Waals surface area contributed by atoms with Crippen molar-refractivity contribution in [2.24, 2.45) is 0 Å². The van der Waals surface area contributed by atoms with Crippen molar-refractivity contribution in [1.82, 2.24) is 4.98 Å². The largest absolute Gasteiger partial charge is 0.467 e. The number of ether oxygens (including phenoxy) is 2. The van der Waals surface area contributed by atoms with E-state index in [1.54, 1.807) is 0 Å². The van der Waals surface area contributed by atoms with Gasteiger partial charge in [-0.25, -0.2) is 9.78 Å². The predicted octanol–water partition coefficient (Wildman–Crippen LogP) is 5.06. The number of carbonyl (C=O) groups is 1. The summed E-state index contributed by atoms with van der Waals surface area (Å²) in [5, 5.41) is 3.40. The van der Waals surface area contributed by atoms with E-state index in [1.807, 2.05) is 27.7 Å². The zero-order valence-corrected chi connectivity index (χ0v) is 18.6. The Morgan fingerprint density at radius 3 is 2.52 bits per heavy atom. The number of hydrogen-bond acceptors (Lipinski definition) is 5. The van der Waals surface area contributed by atoms with Gasteiger partial charge in [0.25, 0.3) is 0 Å². The van der Waals surface area contributed by atoms with Crippen molar-refractivity contribution in [3.63, 3.8) is 0 Å². The molecule has 5 nitrogen and oxygen atoms in total. The average Bonchev–Trinajstić information content (AvgIpc) is 2.66. The van der Waals surface area contributed by atoms with Gasteiger partial charge in [0.05, 0.1) is 12.7 Å². The quantitative estimate of drug-likeness (QED) is 0.732. The lowest BCUT2D eigenvalue weighted by Crippen LogP contribution is -2.30. The number of benzene rings is 1. The number of hydrogen-bond donors (Lipinski definition) is 1. The summed E-state index contributed by atoms with van der Waals surface area (Å²) in [6.45, 7) is 12.9. The average molecular weight is 397 g/mol. The summed E-state index contributed by atoms with van der Waals surface area (Å²) in [6, 6.07) is 6.38. The molecular weight excluding hydrogens is 364 g/mol. The molecule has 1 aliphatic rings. The van der Waals surface area contributed by atoms with Crippen LogP contribution < -0.4 is 5.32 Å². The standard InChI is InChI=1S/C24H32N2O3/c1-14-10-11-17(13-15(14)2)19-16(3)26-22-18(9-8-12-25-22)20(19)21(23(27)28-7)29-24(4,5)6/h10-11,13,21H,8-9,12H2,1-7H3,(H,25,26). The van der Waals surface area contributed by atoms with Crippen LogP contribution in [0.15, 0.2) is 18.2 Å². The zero-order valence-electron chi connectivity index (χ0n) is 18.6. The van der Waals surface area contributed by atoms with Crippen LogP contribution in [0.5, 0.6) is 0 Å². The van der Waals surface area contributed by atoms with Crippen molar-refractivity contribution in [3.05, 3.63) is 46.1 Å². The van der Waals surface area contributed by atoms with Crippen LogP contribution in [0.1, 0.15) is 61.2 Å². The maximum Gasteiger partial charge on any atom is 0.339 e. The molecule has 1 unspecified atom stereocenters. The number of pyridine rings is 1. The van der Waals surface area contributed by atoms with Gasteiger partial charge >= 0.3 is 5.97 Å². The first kappa shape index (κ1) is 21.3. The minimum atomic E-state index is -0.813. The van der Waals surface area contributed by atoms with E-state index in [0.717, 1.165) is 53.2 Å². The maximum atomic E-state index is 12.9. The Morgan fingerprint density at radius 2 is 1.90 bits per heavy atom. The van der Waals surface area contributed by atoms with Gasteiger partial charge in [-0.3, -0.25) is 0 Å². The molecule has 1 atom stereocenters. The van der Waals surface area contributed by atoms with E-state index in [2.05, 4.69) is 37.4 Å². The minimum absolute atomic E-state index is 0.386. The van der Waals surface area contributed by atoms with Gasteiger partial charge in [-0.05, 0) is 71.1 Å². The molecule has 29 heavy (non-hydrogen) atoms. The van der Waals surface area contributed by atoms with Crippen molar-refractivity contribution in [3.8, 4) is 11.1 Å². The molecule has 0 saturated heterocycles. The molecule has 156 valence electrons. The Kier molecular flexibility index (Phi) is 5.99. The van der Waals surface area contributed by atoms with E-state index in [4.69, 9.17) is 14.5 Å². The normalized spacial score (nSPS) is 14.7. The van der Waals surface area contributed by atoms with Crippen molar-refractivity contribution < 1.29 is 14.3 Å². The van der Waals surface area contributed by atoms with Gasteiger partial charge in [-0.15, -0.1) is 0 Å². The van der Waals surface area contributed by atoms with Gasteiger partial charge in [0.2, 0.25) is 0 Å². The molecule has 1 aromatic heterocycles. The van der Waals surface area contributed by atoms with Crippen LogP contribution in [-0.4, -0.2) is 30.2 Å². The van der Waals surface area contributed by atoms with Gasteiger partial charge in [-0.1, -0.05) is 18.2 Å². The van der Waals surface area contributed by atoms with E-state index < -0.39 is 11.7 Å². The monoisotopic (exact) mass is 396 g/mol. The molecular formula is C24H32N2O3. The first-order valence-electron chi connectivity index (χ1n) is 10.2. The fourth-order valence-electron chi connectivity index (χ4n) is 3.87. The summed E-state index contributed by atoms with van der Waals surface area (Å²) in [5.41, 5.74) is 6.75. The van der Waals surface area contributed by atoms with Crippen LogP contribution in [0.25, 0.3) is 11.1 Å². The lowest BCUT2D eigenvalue weighted by Gasteiger charge is -2.31. The second-order valence-electron chi connectivity index (χ2n) is 8.78. The van der Waals surface area contributed by atoms with E-state index in [0.29, 0.717) is 0 Å². The summed E-state index contributed by atoms with van der Waals surface area (Å²) in [7, 11) is 1.41. The molecule has 2 aromatic rings. The van der Waals surface area contributed by atoms with Crippen molar-refractivity contribution in [2.75, 3.05) is 19.0 Å². The van der Waals surface area contributed by atoms with E-state index >= 15 is 0 Å². The molecule has 5 heteroatoms. The van der Waals surface area contributed by atoms with Gasteiger partial charge in [-0.2, -0.15) is 0 Å². The lowest BCUT2D eigenvalue weighted by molar-refractivity contribution is -0.164. The number of aryl methyl sites for hydroxylation is 3. The zero-order chi connectivity index (χ0) is 21.3. The highest BCUT2D eigenvalue weighted by atomic mass is 16.6. The number of rotatable bonds is 4. The molecule has 0 aliphatic carbocycles. The topological polar surface area (TPSA) is 60.5 Å². The van der Waals surface area contributed by atoms with Crippen molar-refractivity contribution >= 4 is 11.8 Å². The molecule has 0 fully saturated rings. The Morgan fingerprint density at radius 1 is 1.17 bits per heavy atom. The number of anilines is 1. The van der Waals surface area contributed by atoms with Gasteiger partial charge in [0.1, 0.15) is 5.82 Å². The van der Waals surface area contributed by atoms with Gasteiger partial charge in [0, 0.05) is 28.9 Å². The van der Waals surface area contributed by atoms with Gasteiger partial charge < -0.3 is 14.8 Å². The maximum absolute atomic E-state index is 12.9. The van der Waals surface area contributed by atoms with Crippen LogP contribution >= 0.6 is 0 Å². The molecule has 1 N–H and O–H groups in total. The van der Waals surface area contributed by atoms with E-state index in [9.17, 15) is 4.79 Å². The van der Waals surface area contributed by atoms with Crippen LogP contribution in [0.4, 0.5) is 5.82 Å². The second-order valence-corrected chi connectivity index (χ2v) is 8.78. The van der Waals surface area contributed by atoms with E-state index in [1.165, 1.54) is 18.2 Å². The molecule has 0 radical (unpaired) electrons. The Hall–Kier alpha value is -2.40. The number of fused-ring (bicyclic) bond motifs is 1. The molecule has 0 saturated carbocycles. The third-order valence-electron chi connectivity index (χ3n) is 5.36. The molecule has 0 amide bonds. The summed E-state index contributed by atoms with van der Waals surface area (Å²) in [6.07, 6.45) is 1.02. The van der Waals surface area contributed by atoms with Crippen molar-refractivity contribution in [1.29, 1.82) is 0 Å². The van der Waals surface area contributed by atoms with Crippen LogP contribution in [-0.2, 0) is 20.7 Å². The molecule has 1 aliphatic heterocycles. The summed E-state index contributed by atoms with van der Waals surface area (Å²) in [4.78, 5) is 17.8. The lowest BCUT2D eigenvalue weighted by atomic mass is 9.87. The first-order chi connectivity index (χ1) is 13.6. The molecule has 1 aromatic carbocycles. The predicted molar refractivity (Wildman–Crippen MR) is 116 cm³/mol. The number of methoxy groups -OCH3 is 1. The van der Waals surface area contributed by atoms with Crippen LogP contribution in [0.3, 0.4) is 0 Å². The third kappa shape index (κ3) is 4.45. The molecule has 2 heterocycles. The summed E-state index contributed by atoms with van der Waals surface area (Å²) >= 11 is 0. The second kappa shape index (κ2) is 8.15. The van der Waals surface area contributed by atoms with Gasteiger partial charge in [0.15, 0.2) is 6.10 Å². The summed E-state index contributed by atoms with van der Waals surface area (Å²) < 4.78 is 11.5. The van der Waals surface area contributed by atoms with E-state index in [-0.39, 0.29) is 5.97 Å². The Bertz CT molecular complexity index is 929. The molecule has 0 bridgehead atoms. The number of aromatic nitrogens is 1. The fraction of sp³-hybridized carbons (Fsp3) is 0.500. The highest BCUT2D eigenvalue weighted by Crippen LogP contribution is 2.41. The molecule has 0 spiro atoms. The Labute approximate surface area is 173 Å². The SMILES string of the molecule is COC(=O)C(OC(C)(C)C)c1c2c(nc(C)c1-c1ccc(C)c(C)c1)NCCC2. The third-order valence-corrected chi connectivity index (χ3v) is 5.36.